The molecule has 5 heteroatoms. The molecule has 0 atom stereocenters. The molecule has 0 saturated carbocycles. The lowest BCUT2D eigenvalue weighted by Gasteiger charge is -1.97. The highest BCUT2D eigenvalue weighted by molar-refractivity contribution is 7.71. The summed E-state index contributed by atoms with van der Waals surface area (Å²) in [6, 6.07) is 0. The van der Waals surface area contributed by atoms with Gasteiger partial charge in [-0.25, -0.2) is 0 Å². The molecule has 0 aromatic carbocycles. The van der Waals surface area contributed by atoms with E-state index in [1.54, 1.807) is 0 Å². The number of rotatable bonds is 1. The Morgan fingerprint density at radius 1 is 1.70 bits per heavy atom. The first-order valence-electron chi connectivity index (χ1n) is 2.61. The number of nitrogens with zero attached hydrogens (tertiary/aromatic N) is 2. The van der Waals surface area contributed by atoms with Gasteiger partial charge in [0.05, 0.1) is 24.7 Å². The molecule has 0 spiro atoms. The Labute approximate surface area is 62.3 Å². The van der Waals surface area contributed by atoms with E-state index >= 15 is 0 Å². The Hall–Kier alpha value is -0.940. The SMILES string of the molecule is OCc1cn(O)c(=S)cn1. The number of hydrogen-bond acceptors (Lipinski definition) is 4. The van der Waals surface area contributed by atoms with Crippen LogP contribution in [0.25, 0.3) is 0 Å². The van der Waals surface area contributed by atoms with Crippen molar-refractivity contribution in [2.45, 2.75) is 6.61 Å². The van der Waals surface area contributed by atoms with Crippen LogP contribution in [-0.4, -0.2) is 20.0 Å². The number of aromatic nitrogens is 2. The van der Waals surface area contributed by atoms with E-state index in [4.69, 9.17) is 10.3 Å². The summed E-state index contributed by atoms with van der Waals surface area (Å²) in [5.41, 5.74) is 0.385. The molecular weight excluding hydrogens is 152 g/mol. The van der Waals surface area contributed by atoms with Crippen molar-refractivity contribution in [3.63, 3.8) is 0 Å². The fourth-order valence-electron chi connectivity index (χ4n) is 0.517. The third kappa shape index (κ3) is 1.31. The largest absolute Gasteiger partial charge is 0.428 e. The minimum atomic E-state index is -0.198. The average molecular weight is 158 g/mol. The first-order chi connectivity index (χ1) is 4.74. The predicted octanol–water partition coefficient (Wildman–Crippen LogP) is 0.342. The lowest BCUT2D eigenvalue weighted by atomic mass is 10.5. The van der Waals surface area contributed by atoms with Gasteiger partial charge in [-0.05, 0) is 0 Å². The van der Waals surface area contributed by atoms with Crippen molar-refractivity contribution in [2.75, 3.05) is 0 Å². The molecule has 10 heavy (non-hydrogen) atoms. The molecule has 0 amide bonds. The van der Waals surface area contributed by atoms with Crippen molar-refractivity contribution < 1.29 is 10.3 Å². The second-order valence-electron chi connectivity index (χ2n) is 1.72. The Balaban J connectivity index is 3.17. The number of aliphatic hydroxyl groups is 1. The molecule has 54 valence electrons. The van der Waals surface area contributed by atoms with E-state index in [9.17, 15) is 0 Å². The summed E-state index contributed by atoms with van der Waals surface area (Å²) in [6.45, 7) is -0.198. The van der Waals surface area contributed by atoms with Crippen LogP contribution in [-0.2, 0) is 6.61 Å². The minimum Gasteiger partial charge on any atom is -0.428 e. The third-order valence-corrected chi connectivity index (χ3v) is 1.29. The Bertz CT molecular complexity index is 283. The molecule has 1 rings (SSSR count). The molecule has 0 aliphatic rings. The van der Waals surface area contributed by atoms with Gasteiger partial charge >= 0.3 is 0 Å². The molecule has 0 aliphatic carbocycles. The van der Waals surface area contributed by atoms with Crippen LogP contribution in [0.5, 0.6) is 0 Å². The van der Waals surface area contributed by atoms with Crippen LogP contribution in [0, 0.1) is 4.64 Å². The molecule has 1 aromatic rings. The van der Waals surface area contributed by atoms with E-state index in [0.717, 1.165) is 4.73 Å². The quantitative estimate of drug-likeness (QED) is 0.457. The van der Waals surface area contributed by atoms with Gasteiger partial charge in [-0.1, -0.05) is 12.2 Å². The number of hydrogen-bond donors (Lipinski definition) is 2. The van der Waals surface area contributed by atoms with Crippen LogP contribution in [0.15, 0.2) is 12.4 Å². The van der Waals surface area contributed by atoms with Gasteiger partial charge in [-0.2, -0.15) is 4.73 Å². The zero-order chi connectivity index (χ0) is 7.56. The molecule has 0 fully saturated rings. The highest BCUT2D eigenvalue weighted by Crippen LogP contribution is 1.92. The molecule has 0 bridgehead atoms. The van der Waals surface area contributed by atoms with Crippen molar-refractivity contribution >= 4 is 12.2 Å². The smallest absolute Gasteiger partial charge is 0.160 e. The van der Waals surface area contributed by atoms with Crippen molar-refractivity contribution in [3.05, 3.63) is 22.7 Å². The molecule has 2 N–H and O–H groups in total. The van der Waals surface area contributed by atoms with Crippen molar-refractivity contribution in [3.8, 4) is 0 Å². The van der Waals surface area contributed by atoms with E-state index in [0.29, 0.717) is 5.69 Å². The minimum absolute atomic E-state index is 0.198. The first kappa shape index (κ1) is 7.17. The van der Waals surface area contributed by atoms with Crippen molar-refractivity contribution in [2.24, 2.45) is 0 Å². The van der Waals surface area contributed by atoms with Gasteiger partial charge in [0.1, 0.15) is 0 Å². The van der Waals surface area contributed by atoms with E-state index in [2.05, 4.69) is 17.2 Å². The summed E-state index contributed by atoms with van der Waals surface area (Å²) in [5.74, 6) is 0. The van der Waals surface area contributed by atoms with Gasteiger partial charge in [0.2, 0.25) is 0 Å². The normalized spacial score (nSPS) is 9.70. The lowest BCUT2D eigenvalue weighted by molar-refractivity contribution is 0.174. The van der Waals surface area contributed by atoms with Gasteiger partial charge < -0.3 is 10.3 Å². The van der Waals surface area contributed by atoms with Crippen LogP contribution >= 0.6 is 12.2 Å². The summed E-state index contributed by atoms with van der Waals surface area (Å²) in [7, 11) is 0. The summed E-state index contributed by atoms with van der Waals surface area (Å²) in [5, 5.41) is 17.4. The average Bonchev–Trinajstić information content (AvgIpc) is 1.95. The van der Waals surface area contributed by atoms with Crippen molar-refractivity contribution in [1.29, 1.82) is 0 Å². The highest BCUT2D eigenvalue weighted by Gasteiger charge is 1.92. The monoisotopic (exact) mass is 158 g/mol. The summed E-state index contributed by atoms with van der Waals surface area (Å²) >= 11 is 4.63. The third-order valence-electron chi connectivity index (χ3n) is 1.000. The zero-order valence-electron chi connectivity index (χ0n) is 5.06. The van der Waals surface area contributed by atoms with Crippen LogP contribution in [0.2, 0.25) is 0 Å². The maximum absolute atomic E-state index is 8.89. The molecule has 0 unspecified atom stereocenters. The molecule has 1 heterocycles. The second-order valence-corrected chi connectivity index (χ2v) is 2.14. The van der Waals surface area contributed by atoms with Gasteiger partial charge in [0, 0.05) is 0 Å². The molecule has 0 radical (unpaired) electrons. The van der Waals surface area contributed by atoms with E-state index in [-0.39, 0.29) is 11.2 Å². The molecule has 0 saturated heterocycles. The maximum atomic E-state index is 8.89. The van der Waals surface area contributed by atoms with Crippen LogP contribution in [0.3, 0.4) is 0 Å². The Morgan fingerprint density at radius 2 is 2.40 bits per heavy atom. The zero-order valence-corrected chi connectivity index (χ0v) is 5.88. The van der Waals surface area contributed by atoms with Crippen molar-refractivity contribution in [1.82, 2.24) is 9.71 Å². The standard InChI is InChI=1S/C5H6N2O2S/c8-3-4-2-7(9)5(10)1-6-4/h1-2,8-9H,3H2. The topological polar surface area (TPSA) is 58.3 Å². The van der Waals surface area contributed by atoms with Crippen LogP contribution in [0.4, 0.5) is 0 Å². The van der Waals surface area contributed by atoms with E-state index in [1.807, 2.05) is 0 Å². The second kappa shape index (κ2) is 2.76. The predicted molar refractivity (Wildman–Crippen MR) is 36.2 cm³/mol. The molecular formula is C5H6N2O2S. The molecule has 1 aromatic heterocycles. The maximum Gasteiger partial charge on any atom is 0.160 e. The fourth-order valence-corrected chi connectivity index (χ4v) is 0.622. The highest BCUT2D eigenvalue weighted by atomic mass is 32.1. The van der Waals surface area contributed by atoms with Crippen LogP contribution in [0.1, 0.15) is 5.69 Å². The van der Waals surface area contributed by atoms with Gasteiger partial charge in [0.15, 0.2) is 4.64 Å². The number of aliphatic hydroxyl groups excluding tert-OH is 1. The summed E-state index contributed by atoms with van der Waals surface area (Å²) in [6.07, 6.45) is 2.57. The summed E-state index contributed by atoms with van der Waals surface area (Å²) < 4.78 is 0.964. The fraction of sp³-hybridized carbons (Fsp3) is 0.200. The Morgan fingerprint density at radius 3 is 2.90 bits per heavy atom. The van der Waals surface area contributed by atoms with E-state index in [1.165, 1.54) is 12.4 Å². The van der Waals surface area contributed by atoms with Crippen LogP contribution < -0.4 is 0 Å². The van der Waals surface area contributed by atoms with E-state index < -0.39 is 0 Å². The molecule has 0 aliphatic heterocycles. The summed E-state index contributed by atoms with van der Waals surface area (Å²) in [4.78, 5) is 3.72. The van der Waals surface area contributed by atoms with Gasteiger partial charge in [0.25, 0.3) is 0 Å². The Kier molecular flexibility index (Phi) is 1.98. The first-order valence-corrected chi connectivity index (χ1v) is 3.02. The molecule has 4 nitrogen and oxygen atoms in total. The van der Waals surface area contributed by atoms with Gasteiger partial charge in [-0.3, -0.25) is 4.98 Å². The lowest BCUT2D eigenvalue weighted by Crippen LogP contribution is -1.98. The van der Waals surface area contributed by atoms with Gasteiger partial charge in [-0.15, -0.1) is 0 Å².